The number of ether oxygens (including phenoxy) is 2. The van der Waals surface area contributed by atoms with Crippen LogP contribution < -0.4 is 5.32 Å². The number of fused-ring (bicyclic) bond motifs is 1. The van der Waals surface area contributed by atoms with Gasteiger partial charge in [0, 0.05) is 38.8 Å². The van der Waals surface area contributed by atoms with Crippen LogP contribution in [0.2, 0.25) is 0 Å². The molecule has 2 aromatic rings. The highest BCUT2D eigenvalue weighted by Crippen LogP contribution is 2.24. The number of benzene rings is 1. The molecule has 3 rings (SSSR count). The molecule has 1 fully saturated rings. The first-order chi connectivity index (χ1) is 13.5. The summed E-state index contributed by atoms with van der Waals surface area (Å²) >= 11 is 1.47. The van der Waals surface area contributed by atoms with Gasteiger partial charge in [-0.25, -0.2) is 4.98 Å². The van der Waals surface area contributed by atoms with E-state index < -0.39 is 0 Å². The molecule has 8 heteroatoms. The van der Waals surface area contributed by atoms with Gasteiger partial charge in [0.05, 0.1) is 36.6 Å². The third-order valence-corrected chi connectivity index (χ3v) is 6.03. The van der Waals surface area contributed by atoms with Gasteiger partial charge < -0.3 is 19.4 Å². The molecule has 0 atom stereocenters. The molecule has 1 aliphatic rings. The van der Waals surface area contributed by atoms with Gasteiger partial charge >= 0.3 is 0 Å². The summed E-state index contributed by atoms with van der Waals surface area (Å²) in [6.45, 7) is 9.58. The molecule has 0 saturated carbocycles. The first kappa shape index (κ1) is 21.1. The van der Waals surface area contributed by atoms with E-state index in [1.807, 2.05) is 24.3 Å². The summed E-state index contributed by atoms with van der Waals surface area (Å²) < 4.78 is 12.8. The molecule has 1 N–H and O–H groups in total. The number of nitrogens with zero attached hydrogens (tertiary/aromatic N) is 3. The van der Waals surface area contributed by atoms with Crippen molar-refractivity contribution in [1.29, 1.82) is 0 Å². The van der Waals surface area contributed by atoms with Crippen LogP contribution in [0.25, 0.3) is 11.0 Å². The minimum Gasteiger partial charge on any atom is -0.383 e. The lowest BCUT2D eigenvalue weighted by Crippen LogP contribution is -2.55. The van der Waals surface area contributed by atoms with Crippen LogP contribution in [0.4, 0.5) is 0 Å². The summed E-state index contributed by atoms with van der Waals surface area (Å²) in [5.74, 6) is 0.367. The number of carbonyl (C=O) groups excluding carboxylic acids is 1. The van der Waals surface area contributed by atoms with Crippen molar-refractivity contribution in [3.63, 3.8) is 0 Å². The Morgan fingerprint density at radius 1 is 1.32 bits per heavy atom. The normalized spacial score (nSPS) is 15.8. The number of hydrogen-bond acceptors (Lipinski definition) is 6. The van der Waals surface area contributed by atoms with E-state index in [0.717, 1.165) is 42.5 Å². The first-order valence-electron chi connectivity index (χ1n) is 9.68. The molecule has 0 radical (unpaired) electrons. The second-order valence-electron chi connectivity index (χ2n) is 7.50. The SMILES string of the molecule is COCCn1c(SCC(=O)NCC(C)(C)N2CCOCC2)nc2ccccc21. The van der Waals surface area contributed by atoms with Crippen molar-refractivity contribution in [3.05, 3.63) is 24.3 Å². The fourth-order valence-electron chi connectivity index (χ4n) is 3.34. The standard InChI is InChI=1S/C20H30N4O3S/c1-20(2,23-8-12-27-13-9-23)15-21-18(25)14-28-19-22-16-6-4-5-7-17(16)24(19)10-11-26-3/h4-7H,8-15H2,1-3H3,(H,21,25). The fraction of sp³-hybridized carbons (Fsp3) is 0.600. The van der Waals surface area contributed by atoms with Crippen LogP contribution in [0.5, 0.6) is 0 Å². The largest absolute Gasteiger partial charge is 0.383 e. The molecule has 0 aliphatic carbocycles. The molecular weight excluding hydrogens is 376 g/mol. The molecule has 2 heterocycles. The Morgan fingerprint density at radius 2 is 2.07 bits per heavy atom. The maximum Gasteiger partial charge on any atom is 0.230 e. The van der Waals surface area contributed by atoms with Crippen molar-refractivity contribution in [2.45, 2.75) is 31.1 Å². The average Bonchev–Trinajstić information content (AvgIpc) is 3.07. The third-order valence-electron chi connectivity index (χ3n) is 5.06. The summed E-state index contributed by atoms with van der Waals surface area (Å²) in [6.07, 6.45) is 0. The lowest BCUT2D eigenvalue weighted by Gasteiger charge is -2.40. The number of nitrogens with one attached hydrogen (secondary N) is 1. The van der Waals surface area contributed by atoms with Gasteiger partial charge in [0.25, 0.3) is 0 Å². The summed E-state index contributed by atoms with van der Waals surface area (Å²) in [5, 5.41) is 3.93. The van der Waals surface area contributed by atoms with Crippen molar-refractivity contribution in [1.82, 2.24) is 19.8 Å². The minimum atomic E-state index is -0.0876. The zero-order chi connectivity index (χ0) is 20.0. The van der Waals surface area contributed by atoms with Gasteiger partial charge in [0.15, 0.2) is 5.16 Å². The smallest absolute Gasteiger partial charge is 0.230 e. The van der Waals surface area contributed by atoms with Gasteiger partial charge in [-0.15, -0.1) is 0 Å². The van der Waals surface area contributed by atoms with Crippen molar-refractivity contribution >= 4 is 28.7 Å². The number of imidazole rings is 1. The molecule has 0 bridgehead atoms. The van der Waals surface area contributed by atoms with Gasteiger partial charge in [0.1, 0.15) is 0 Å². The molecule has 1 aliphatic heterocycles. The molecule has 1 aromatic carbocycles. The summed E-state index contributed by atoms with van der Waals surface area (Å²) in [4.78, 5) is 19.5. The van der Waals surface area contributed by atoms with Crippen LogP contribution in [0.15, 0.2) is 29.4 Å². The van der Waals surface area contributed by atoms with E-state index in [1.54, 1.807) is 7.11 Å². The molecule has 1 saturated heterocycles. The zero-order valence-corrected chi connectivity index (χ0v) is 17.8. The lowest BCUT2D eigenvalue weighted by atomic mass is 10.0. The van der Waals surface area contributed by atoms with Crippen molar-refractivity contribution < 1.29 is 14.3 Å². The molecule has 28 heavy (non-hydrogen) atoms. The van der Waals surface area contributed by atoms with Gasteiger partial charge in [-0.2, -0.15) is 0 Å². The highest BCUT2D eigenvalue weighted by molar-refractivity contribution is 7.99. The summed E-state index contributed by atoms with van der Waals surface area (Å²) in [5.41, 5.74) is 1.92. The van der Waals surface area contributed by atoms with E-state index in [2.05, 4.69) is 33.6 Å². The summed E-state index contributed by atoms with van der Waals surface area (Å²) in [7, 11) is 1.69. The Morgan fingerprint density at radius 3 is 2.82 bits per heavy atom. The Labute approximate surface area is 170 Å². The summed E-state index contributed by atoms with van der Waals surface area (Å²) in [6, 6.07) is 8.02. The lowest BCUT2D eigenvalue weighted by molar-refractivity contribution is -0.119. The van der Waals surface area contributed by atoms with Gasteiger partial charge in [-0.3, -0.25) is 9.69 Å². The number of morpholine rings is 1. The van der Waals surface area contributed by atoms with E-state index in [4.69, 9.17) is 9.47 Å². The predicted octanol–water partition coefficient (Wildman–Crippen LogP) is 2.00. The Kier molecular flexibility index (Phi) is 7.34. The Bertz CT molecular complexity index is 787. The van der Waals surface area contributed by atoms with Crippen LogP contribution >= 0.6 is 11.8 Å². The molecule has 154 valence electrons. The number of carbonyl (C=O) groups is 1. The van der Waals surface area contributed by atoms with E-state index in [1.165, 1.54) is 11.8 Å². The molecule has 1 amide bonds. The van der Waals surface area contributed by atoms with E-state index in [0.29, 0.717) is 25.4 Å². The van der Waals surface area contributed by atoms with E-state index in [-0.39, 0.29) is 11.4 Å². The monoisotopic (exact) mass is 406 g/mol. The second kappa shape index (κ2) is 9.73. The molecule has 1 aromatic heterocycles. The number of methoxy groups -OCH3 is 1. The van der Waals surface area contributed by atoms with Crippen molar-refractivity contribution in [3.8, 4) is 0 Å². The maximum absolute atomic E-state index is 12.4. The van der Waals surface area contributed by atoms with Crippen molar-refractivity contribution in [2.75, 3.05) is 52.3 Å². The van der Waals surface area contributed by atoms with E-state index in [9.17, 15) is 4.79 Å². The third kappa shape index (κ3) is 5.26. The Balaban J connectivity index is 1.56. The number of amides is 1. The fourth-order valence-corrected chi connectivity index (χ4v) is 4.21. The maximum atomic E-state index is 12.4. The van der Waals surface area contributed by atoms with Crippen LogP contribution in [0, 0.1) is 0 Å². The number of rotatable bonds is 9. The van der Waals surface area contributed by atoms with Crippen LogP contribution in [-0.4, -0.2) is 78.2 Å². The minimum absolute atomic E-state index is 0.0247. The van der Waals surface area contributed by atoms with Crippen molar-refractivity contribution in [2.24, 2.45) is 0 Å². The van der Waals surface area contributed by atoms with E-state index >= 15 is 0 Å². The van der Waals surface area contributed by atoms with Gasteiger partial charge in [-0.1, -0.05) is 23.9 Å². The highest BCUT2D eigenvalue weighted by Gasteiger charge is 2.28. The Hall–Kier alpha value is -1.61. The second-order valence-corrected chi connectivity index (χ2v) is 8.45. The first-order valence-corrected chi connectivity index (χ1v) is 10.7. The molecular formula is C20H30N4O3S. The highest BCUT2D eigenvalue weighted by atomic mass is 32.2. The van der Waals surface area contributed by atoms with Crippen LogP contribution in [-0.2, 0) is 20.8 Å². The predicted molar refractivity (Wildman–Crippen MR) is 112 cm³/mol. The topological polar surface area (TPSA) is 68.6 Å². The number of hydrogen-bond donors (Lipinski definition) is 1. The number of para-hydroxylation sites is 2. The zero-order valence-electron chi connectivity index (χ0n) is 16.9. The van der Waals surface area contributed by atoms with Crippen LogP contribution in [0.3, 0.4) is 0 Å². The molecule has 0 unspecified atom stereocenters. The number of thioether (sulfide) groups is 1. The molecule has 7 nitrogen and oxygen atoms in total. The number of aromatic nitrogens is 2. The van der Waals surface area contributed by atoms with Gasteiger partial charge in [0.2, 0.25) is 5.91 Å². The van der Waals surface area contributed by atoms with Gasteiger partial charge in [-0.05, 0) is 26.0 Å². The van der Waals surface area contributed by atoms with Crippen LogP contribution in [0.1, 0.15) is 13.8 Å². The average molecular weight is 407 g/mol. The quantitative estimate of drug-likeness (QED) is 0.643. The molecule has 0 spiro atoms.